The average molecular weight is 633 g/mol. The van der Waals surface area contributed by atoms with E-state index in [0.29, 0.717) is 16.9 Å². The largest absolute Gasteiger partial charge is 0.467 e. The number of hydrogen-bond donors (Lipinski definition) is 0. The van der Waals surface area contributed by atoms with Gasteiger partial charge >= 0.3 is 5.97 Å². The van der Waals surface area contributed by atoms with Crippen LogP contribution in [0.5, 0.6) is 0 Å². The molecule has 0 radical (unpaired) electrons. The molecule has 1 saturated heterocycles. The minimum Gasteiger partial charge on any atom is -0.467 e. The van der Waals surface area contributed by atoms with E-state index in [0.717, 1.165) is 61.4 Å². The highest BCUT2D eigenvalue weighted by Gasteiger charge is 2.37. The Balaban J connectivity index is 1.65. The third-order valence-corrected chi connectivity index (χ3v) is 8.90. The summed E-state index contributed by atoms with van der Waals surface area (Å²) >= 11 is 0. The fourth-order valence-corrected chi connectivity index (χ4v) is 6.37. The van der Waals surface area contributed by atoms with Gasteiger partial charge in [-0.05, 0) is 81.5 Å². The lowest BCUT2D eigenvalue weighted by atomic mass is 9.80. The molecule has 0 N–H and O–H groups in total. The highest BCUT2D eigenvalue weighted by molar-refractivity contribution is 5.81. The molecule has 246 valence electrons. The number of carbonyl (C=O) groups excluding carboxylic acids is 1. The highest BCUT2D eigenvalue weighted by Crippen LogP contribution is 2.40. The Bertz CT molecular complexity index is 1790. The van der Waals surface area contributed by atoms with Crippen molar-refractivity contribution in [1.29, 1.82) is 0 Å². The number of rotatable bonds is 11. The summed E-state index contributed by atoms with van der Waals surface area (Å²) in [7, 11) is 1.40. The Morgan fingerprint density at radius 3 is 2.47 bits per heavy atom. The van der Waals surface area contributed by atoms with Crippen LogP contribution in [0.3, 0.4) is 0 Å². The number of carbonyl (C=O) groups is 1. The zero-order valence-electron chi connectivity index (χ0n) is 28.8. The van der Waals surface area contributed by atoms with E-state index in [1.165, 1.54) is 18.2 Å². The topological polar surface area (TPSA) is 69.0 Å². The molecule has 1 aliphatic heterocycles. The first kappa shape index (κ1) is 33.9. The Kier molecular flexibility index (Phi) is 10.2. The van der Waals surface area contributed by atoms with Crippen molar-refractivity contribution >= 4 is 17.4 Å². The molecule has 0 amide bonds. The SMILES string of the molecule is C=CC=CC1(C)CCN(c2c([C@H](OC(C)(C)C)C(=O)OC)c(C)nc3cc(-c4cccc(-c5ccccc5CCC=C)c4)nn23)CC1. The molecule has 1 atom stereocenters. The van der Waals surface area contributed by atoms with Gasteiger partial charge in [0, 0.05) is 30.4 Å². The quantitative estimate of drug-likeness (QED) is 0.0935. The number of aryl methyl sites for hydroxylation is 2. The highest BCUT2D eigenvalue weighted by atomic mass is 16.6. The minimum atomic E-state index is -0.969. The van der Waals surface area contributed by atoms with Gasteiger partial charge in [-0.3, -0.25) is 0 Å². The molecular weight excluding hydrogens is 584 g/mol. The molecule has 0 spiro atoms. The van der Waals surface area contributed by atoms with Crippen LogP contribution in [0.25, 0.3) is 28.0 Å². The maximum absolute atomic E-state index is 13.4. The van der Waals surface area contributed by atoms with E-state index in [9.17, 15) is 4.79 Å². The van der Waals surface area contributed by atoms with Crippen LogP contribution in [0, 0.1) is 12.3 Å². The van der Waals surface area contributed by atoms with Crippen LogP contribution in [0.2, 0.25) is 0 Å². The van der Waals surface area contributed by atoms with Crippen molar-refractivity contribution in [1.82, 2.24) is 14.6 Å². The van der Waals surface area contributed by atoms with E-state index >= 15 is 0 Å². The summed E-state index contributed by atoms with van der Waals surface area (Å²) in [6, 6.07) is 19.1. The van der Waals surface area contributed by atoms with Gasteiger partial charge in [-0.2, -0.15) is 9.61 Å². The first-order valence-electron chi connectivity index (χ1n) is 16.5. The standard InChI is InChI=1S/C40H48N4O3/c1-9-11-16-29-17-13-14-20-32(29)30-18-15-19-31(26-30)33-27-34-41-28(3)35(36(38(45)46-8)47-39(4,5)6)37(44(34)42-33)43-24-22-40(7,23-25-43)21-12-10-2/h9-10,12-15,17-21,26-27,36H,1-2,11,16,22-25H2,3-8H3/t36-/m0/s1. The smallest absolute Gasteiger partial charge is 0.339 e. The lowest BCUT2D eigenvalue weighted by molar-refractivity contribution is -0.164. The third-order valence-electron chi connectivity index (χ3n) is 8.90. The number of allylic oxidation sites excluding steroid dienone is 4. The van der Waals surface area contributed by atoms with Crippen molar-refractivity contribution in [3.8, 4) is 22.4 Å². The molecule has 0 aliphatic carbocycles. The number of benzene rings is 2. The van der Waals surface area contributed by atoms with E-state index < -0.39 is 17.7 Å². The normalized spacial score (nSPS) is 15.6. The molecular formula is C40H48N4O3. The van der Waals surface area contributed by atoms with Gasteiger partial charge in [-0.15, -0.1) is 6.58 Å². The van der Waals surface area contributed by atoms with Crippen LogP contribution in [-0.4, -0.2) is 46.4 Å². The maximum Gasteiger partial charge on any atom is 0.339 e. The second kappa shape index (κ2) is 14.1. The number of fused-ring (bicyclic) bond motifs is 1. The summed E-state index contributed by atoms with van der Waals surface area (Å²) in [5, 5.41) is 5.18. The zero-order chi connectivity index (χ0) is 33.8. The zero-order valence-corrected chi connectivity index (χ0v) is 28.8. The van der Waals surface area contributed by atoms with Gasteiger partial charge < -0.3 is 14.4 Å². The molecule has 1 fully saturated rings. The molecule has 5 rings (SSSR count). The van der Waals surface area contributed by atoms with Crippen molar-refractivity contribution in [2.75, 3.05) is 25.1 Å². The predicted molar refractivity (Wildman–Crippen MR) is 192 cm³/mol. The number of piperidine rings is 1. The Hall–Kier alpha value is -4.49. The van der Waals surface area contributed by atoms with Crippen LogP contribution < -0.4 is 4.90 Å². The fourth-order valence-electron chi connectivity index (χ4n) is 6.37. The number of aromatic nitrogens is 3. The van der Waals surface area contributed by atoms with Gasteiger partial charge in [0.25, 0.3) is 0 Å². The van der Waals surface area contributed by atoms with Crippen LogP contribution in [-0.2, 0) is 20.7 Å². The minimum absolute atomic E-state index is 0.0490. The summed E-state index contributed by atoms with van der Waals surface area (Å²) < 4.78 is 13.6. The second-order valence-electron chi connectivity index (χ2n) is 13.7. The van der Waals surface area contributed by atoms with Crippen LogP contribution in [0.1, 0.15) is 69.9 Å². The average Bonchev–Trinajstić information content (AvgIpc) is 3.48. The number of nitrogens with zero attached hydrogens (tertiary/aromatic N) is 4. The van der Waals surface area contributed by atoms with Crippen molar-refractivity contribution in [3.63, 3.8) is 0 Å². The Labute approximate surface area is 279 Å². The fraction of sp³-hybridized carbons (Fsp3) is 0.375. The Morgan fingerprint density at radius 1 is 1.06 bits per heavy atom. The molecule has 0 saturated carbocycles. The number of methoxy groups -OCH3 is 1. The van der Waals surface area contributed by atoms with Gasteiger partial charge in [-0.1, -0.05) is 80.3 Å². The van der Waals surface area contributed by atoms with E-state index in [1.54, 1.807) is 0 Å². The van der Waals surface area contributed by atoms with E-state index in [2.05, 4.69) is 79.6 Å². The number of esters is 1. The van der Waals surface area contributed by atoms with Crippen molar-refractivity contribution in [3.05, 3.63) is 109 Å². The molecule has 2 aromatic heterocycles. The third kappa shape index (κ3) is 7.57. The van der Waals surface area contributed by atoms with Crippen molar-refractivity contribution in [2.24, 2.45) is 5.41 Å². The van der Waals surface area contributed by atoms with E-state index in [-0.39, 0.29) is 5.41 Å². The molecule has 7 heteroatoms. The van der Waals surface area contributed by atoms with E-state index in [1.807, 2.05) is 56.5 Å². The lowest BCUT2D eigenvalue weighted by Gasteiger charge is -2.40. The summed E-state index contributed by atoms with van der Waals surface area (Å²) in [4.78, 5) is 20.7. The first-order chi connectivity index (χ1) is 22.5. The maximum atomic E-state index is 13.4. The van der Waals surface area contributed by atoms with Crippen molar-refractivity contribution < 1.29 is 14.3 Å². The van der Waals surface area contributed by atoms with Crippen molar-refractivity contribution in [2.45, 2.75) is 72.0 Å². The van der Waals surface area contributed by atoms with Gasteiger partial charge in [0.15, 0.2) is 11.8 Å². The number of hydrogen-bond acceptors (Lipinski definition) is 6. The second-order valence-corrected chi connectivity index (χ2v) is 13.7. The summed E-state index contributed by atoms with van der Waals surface area (Å²) in [5.41, 5.74) is 6.99. The number of anilines is 1. The van der Waals surface area contributed by atoms with Gasteiger partial charge in [0.1, 0.15) is 5.82 Å². The monoisotopic (exact) mass is 632 g/mol. The van der Waals surface area contributed by atoms with Crippen LogP contribution in [0.4, 0.5) is 5.82 Å². The van der Waals surface area contributed by atoms with Gasteiger partial charge in [-0.25, -0.2) is 9.78 Å². The van der Waals surface area contributed by atoms with Crippen LogP contribution >= 0.6 is 0 Å². The molecule has 7 nitrogen and oxygen atoms in total. The molecule has 3 heterocycles. The summed E-state index contributed by atoms with van der Waals surface area (Å²) in [6.45, 7) is 19.4. The number of ether oxygens (including phenoxy) is 2. The van der Waals surface area contributed by atoms with Crippen LogP contribution in [0.15, 0.2) is 92.1 Å². The molecule has 4 aromatic rings. The molecule has 1 aliphatic rings. The molecule has 2 aromatic carbocycles. The predicted octanol–water partition coefficient (Wildman–Crippen LogP) is 8.87. The summed E-state index contributed by atoms with van der Waals surface area (Å²) in [6.07, 6.45) is 10.8. The summed E-state index contributed by atoms with van der Waals surface area (Å²) in [5.74, 6) is 0.357. The van der Waals surface area contributed by atoms with Gasteiger partial charge in [0.2, 0.25) is 0 Å². The Morgan fingerprint density at radius 2 is 1.79 bits per heavy atom. The molecule has 47 heavy (non-hydrogen) atoms. The lowest BCUT2D eigenvalue weighted by Crippen LogP contribution is -2.40. The van der Waals surface area contributed by atoms with Gasteiger partial charge in [0.05, 0.1) is 24.0 Å². The molecule has 0 bridgehead atoms. The molecule has 0 unspecified atom stereocenters. The first-order valence-corrected chi connectivity index (χ1v) is 16.5. The van der Waals surface area contributed by atoms with E-state index in [4.69, 9.17) is 19.6 Å².